The first-order chi connectivity index (χ1) is 11.9. The van der Waals surface area contributed by atoms with E-state index >= 15 is 0 Å². The molecular formula is C17H18N4O3S. The number of ether oxygens (including phenoxy) is 2. The molecule has 0 spiro atoms. The molecule has 2 heterocycles. The van der Waals surface area contributed by atoms with Crippen LogP contribution >= 0.6 is 12.2 Å². The SMILES string of the molecule is COc1ccc(/C=C2/NC(=S)N(c3cn(C)nc3C)C2=O)c(OC)c1. The van der Waals surface area contributed by atoms with Crippen molar-refractivity contribution in [1.29, 1.82) is 0 Å². The van der Waals surface area contributed by atoms with Crippen LogP contribution in [0.5, 0.6) is 11.5 Å². The summed E-state index contributed by atoms with van der Waals surface area (Å²) >= 11 is 5.33. The van der Waals surface area contributed by atoms with Crippen molar-refractivity contribution in [2.75, 3.05) is 19.1 Å². The summed E-state index contributed by atoms with van der Waals surface area (Å²) in [5, 5.41) is 7.54. The second kappa shape index (κ2) is 6.56. The third kappa shape index (κ3) is 3.08. The van der Waals surface area contributed by atoms with Gasteiger partial charge in [0.15, 0.2) is 5.11 Å². The van der Waals surface area contributed by atoms with Crippen LogP contribution in [0.25, 0.3) is 6.08 Å². The quantitative estimate of drug-likeness (QED) is 0.666. The van der Waals surface area contributed by atoms with Gasteiger partial charge in [0.2, 0.25) is 0 Å². The standard InChI is InChI=1S/C17H18N4O3S/c1-10-14(9-20(2)19-10)21-16(22)13(18-17(21)25)7-11-5-6-12(23-3)8-15(11)24-4/h5-9H,1-4H3,(H,18,25)/b13-7+. The number of carbonyl (C=O) groups is 1. The van der Waals surface area contributed by atoms with Crippen molar-refractivity contribution < 1.29 is 14.3 Å². The number of thiocarbonyl (C=S) groups is 1. The molecule has 0 atom stereocenters. The smallest absolute Gasteiger partial charge is 0.281 e. The maximum atomic E-state index is 12.8. The summed E-state index contributed by atoms with van der Waals surface area (Å²) in [5.41, 5.74) is 2.50. The van der Waals surface area contributed by atoms with E-state index in [1.165, 1.54) is 4.90 Å². The highest BCUT2D eigenvalue weighted by Crippen LogP contribution is 2.29. The summed E-state index contributed by atoms with van der Waals surface area (Å²) in [7, 11) is 4.95. The van der Waals surface area contributed by atoms with Gasteiger partial charge in [0.05, 0.1) is 25.6 Å². The summed E-state index contributed by atoms with van der Waals surface area (Å²) < 4.78 is 12.2. The zero-order chi connectivity index (χ0) is 18.1. The minimum Gasteiger partial charge on any atom is -0.497 e. The van der Waals surface area contributed by atoms with E-state index in [1.807, 2.05) is 13.0 Å². The Kier molecular flexibility index (Phi) is 4.45. The number of nitrogens with zero attached hydrogens (tertiary/aromatic N) is 3. The first-order valence-electron chi connectivity index (χ1n) is 7.54. The summed E-state index contributed by atoms with van der Waals surface area (Å²) in [6.07, 6.45) is 3.47. The Labute approximate surface area is 150 Å². The number of amides is 1. The lowest BCUT2D eigenvalue weighted by atomic mass is 10.1. The number of methoxy groups -OCH3 is 2. The minimum atomic E-state index is -0.237. The van der Waals surface area contributed by atoms with Gasteiger partial charge >= 0.3 is 0 Å². The van der Waals surface area contributed by atoms with E-state index in [0.717, 1.165) is 11.3 Å². The lowest BCUT2D eigenvalue weighted by Crippen LogP contribution is -2.30. The molecule has 25 heavy (non-hydrogen) atoms. The number of aromatic nitrogens is 2. The van der Waals surface area contributed by atoms with E-state index in [-0.39, 0.29) is 5.91 Å². The molecule has 8 heteroatoms. The normalized spacial score (nSPS) is 15.7. The van der Waals surface area contributed by atoms with Crippen LogP contribution in [-0.4, -0.2) is 35.0 Å². The van der Waals surface area contributed by atoms with Crippen LogP contribution in [0.15, 0.2) is 30.1 Å². The van der Waals surface area contributed by atoms with Gasteiger partial charge in [0.25, 0.3) is 5.91 Å². The predicted octanol–water partition coefficient (Wildman–Crippen LogP) is 2.01. The third-order valence-corrected chi connectivity index (χ3v) is 4.13. The molecule has 0 radical (unpaired) electrons. The maximum absolute atomic E-state index is 12.8. The Bertz CT molecular complexity index is 888. The van der Waals surface area contributed by atoms with E-state index in [9.17, 15) is 4.79 Å². The van der Waals surface area contributed by atoms with Crippen molar-refractivity contribution >= 4 is 35.0 Å². The molecule has 0 bridgehead atoms. The lowest BCUT2D eigenvalue weighted by molar-refractivity contribution is -0.113. The van der Waals surface area contributed by atoms with Gasteiger partial charge in [-0.15, -0.1) is 0 Å². The fraction of sp³-hybridized carbons (Fsp3) is 0.235. The average molecular weight is 358 g/mol. The van der Waals surface area contributed by atoms with Crippen LogP contribution in [0.3, 0.4) is 0 Å². The molecular weight excluding hydrogens is 340 g/mol. The molecule has 7 nitrogen and oxygen atoms in total. The van der Waals surface area contributed by atoms with Crippen LogP contribution in [0.1, 0.15) is 11.3 Å². The van der Waals surface area contributed by atoms with Gasteiger partial charge in [-0.05, 0) is 37.4 Å². The van der Waals surface area contributed by atoms with Gasteiger partial charge < -0.3 is 14.8 Å². The third-order valence-electron chi connectivity index (χ3n) is 3.85. The number of nitrogens with one attached hydrogen (secondary N) is 1. The number of anilines is 1. The summed E-state index contributed by atoms with van der Waals surface area (Å²) in [6.45, 7) is 1.83. The van der Waals surface area contributed by atoms with Crippen LogP contribution in [0.4, 0.5) is 5.69 Å². The van der Waals surface area contributed by atoms with E-state index in [0.29, 0.717) is 28.0 Å². The number of aryl methyl sites for hydroxylation is 2. The molecule has 0 aliphatic carbocycles. The minimum absolute atomic E-state index is 0.237. The van der Waals surface area contributed by atoms with Gasteiger partial charge in [-0.1, -0.05) is 0 Å². The fourth-order valence-corrected chi connectivity index (χ4v) is 2.94. The highest BCUT2D eigenvalue weighted by Gasteiger charge is 2.34. The zero-order valence-electron chi connectivity index (χ0n) is 14.4. The molecule has 1 fully saturated rings. The highest BCUT2D eigenvalue weighted by molar-refractivity contribution is 7.80. The van der Waals surface area contributed by atoms with Crippen molar-refractivity contribution in [3.8, 4) is 11.5 Å². The largest absolute Gasteiger partial charge is 0.497 e. The first kappa shape index (κ1) is 17.0. The van der Waals surface area contributed by atoms with Crippen LogP contribution in [0, 0.1) is 6.92 Å². The van der Waals surface area contributed by atoms with Crippen LogP contribution in [0.2, 0.25) is 0 Å². The van der Waals surface area contributed by atoms with E-state index in [2.05, 4.69) is 10.4 Å². The average Bonchev–Trinajstić information content (AvgIpc) is 3.05. The Morgan fingerprint density at radius 3 is 2.64 bits per heavy atom. The number of benzene rings is 1. The summed E-state index contributed by atoms with van der Waals surface area (Å²) in [5.74, 6) is 1.04. The number of hydrogen-bond acceptors (Lipinski definition) is 5. The highest BCUT2D eigenvalue weighted by atomic mass is 32.1. The van der Waals surface area contributed by atoms with Crippen LogP contribution in [-0.2, 0) is 11.8 Å². The topological polar surface area (TPSA) is 68.6 Å². The van der Waals surface area contributed by atoms with E-state index in [4.69, 9.17) is 21.7 Å². The van der Waals surface area contributed by atoms with Gasteiger partial charge in [0, 0.05) is 24.9 Å². The molecule has 1 aromatic carbocycles. The van der Waals surface area contributed by atoms with Crippen molar-refractivity contribution in [3.63, 3.8) is 0 Å². The Morgan fingerprint density at radius 2 is 2.04 bits per heavy atom. The fourth-order valence-electron chi connectivity index (χ4n) is 2.65. The summed E-state index contributed by atoms with van der Waals surface area (Å²) in [6, 6.07) is 5.38. The molecule has 1 aliphatic rings. The Balaban J connectivity index is 1.97. The summed E-state index contributed by atoms with van der Waals surface area (Å²) in [4.78, 5) is 14.3. The molecule has 1 aromatic heterocycles. The van der Waals surface area contributed by atoms with E-state index in [1.54, 1.807) is 50.4 Å². The van der Waals surface area contributed by atoms with Crippen molar-refractivity contribution in [3.05, 3.63) is 41.4 Å². The second-order valence-electron chi connectivity index (χ2n) is 5.51. The molecule has 1 N–H and O–H groups in total. The van der Waals surface area contributed by atoms with Gasteiger partial charge in [0.1, 0.15) is 17.2 Å². The molecule has 1 amide bonds. The number of carbonyl (C=O) groups excluding carboxylic acids is 1. The zero-order valence-corrected chi connectivity index (χ0v) is 15.2. The Morgan fingerprint density at radius 1 is 1.28 bits per heavy atom. The van der Waals surface area contributed by atoms with Crippen molar-refractivity contribution in [1.82, 2.24) is 15.1 Å². The van der Waals surface area contributed by atoms with Gasteiger partial charge in [-0.2, -0.15) is 5.10 Å². The number of rotatable bonds is 4. The van der Waals surface area contributed by atoms with Crippen molar-refractivity contribution in [2.45, 2.75) is 6.92 Å². The lowest BCUT2D eigenvalue weighted by Gasteiger charge is -2.12. The van der Waals surface area contributed by atoms with Gasteiger partial charge in [-0.3, -0.25) is 9.48 Å². The van der Waals surface area contributed by atoms with Gasteiger partial charge in [-0.25, -0.2) is 4.90 Å². The van der Waals surface area contributed by atoms with Crippen LogP contribution < -0.4 is 19.7 Å². The maximum Gasteiger partial charge on any atom is 0.281 e. The first-order valence-corrected chi connectivity index (χ1v) is 7.95. The molecule has 3 rings (SSSR count). The van der Waals surface area contributed by atoms with Crippen molar-refractivity contribution in [2.24, 2.45) is 7.05 Å². The second-order valence-corrected chi connectivity index (χ2v) is 5.90. The molecule has 130 valence electrons. The molecule has 0 unspecified atom stereocenters. The monoisotopic (exact) mass is 358 g/mol. The van der Waals surface area contributed by atoms with E-state index < -0.39 is 0 Å². The predicted molar refractivity (Wildman–Crippen MR) is 98.7 cm³/mol. The Hall–Kier alpha value is -2.87. The molecule has 0 saturated carbocycles. The number of hydrogen-bond donors (Lipinski definition) is 1. The molecule has 2 aromatic rings. The molecule has 1 aliphatic heterocycles. The molecule has 1 saturated heterocycles.